The molecule has 1 heterocycles. The summed E-state index contributed by atoms with van der Waals surface area (Å²) in [4.78, 5) is 23.1. The summed E-state index contributed by atoms with van der Waals surface area (Å²) in [6.45, 7) is 3.80. The monoisotopic (exact) mass is 423 g/mol. The highest BCUT2D eigenvalue weighted by Gasteiger charge is 2.40. The molecule has 126 valence electrons. The van der Waals surface area contributed by atoms with E-state index >= 15 is 0 Å². The SMILES string of the molecule is CC(C)SC(=S)S[C@H]1NC(=O)[C@@H]1CCC(=O)OCC(Cl)(Cl)Cl. The van der Waals surface area contributed by atoms with Crippen LogP contribution in [-0.2, 0) is 14.3 Å². The van der Waals surface area contributed by atoms with Crippen molar-refractivity contribution in [3.05, 3.63) is 0 Å². The Morgan fingerprint density at radius 2 is 2.09 bits per heavy atom. The molecule has 0 saturated carbocycles. The predicted molar refractivity (Wildman–Crippen MR) is 98.8 cm³/mol. The van der Waals surface area contributed by atoms with E-state index in [-0.39, 0.29) is 30.2 Å². The third-order valence-corrected chi connectivity index (χ3v) is 5.64. The van der Waals surface area contributed by atoms with Crippen LogP contribution in [0.1, 0.15) is 26.7 Å². The molecule has 0 aromatic carbocycles. The van der Waals surface area contributed by atoms with Gasteiger partial charge in [-0.3, -0.25) is 9.59 Å². The van der Waals surface area contributed by atoms with Crippen LogP contribution >= 0.6 is 70.5 Å². The van der Waals surface area contributed by atoms with Gasteiger partial charge < -0.3 is 10.1 Å². The second-order valence-corrected chi connectivity index (χ2v) is 11.3. The lowest BCUT2D eigenvalue weighted by molar-refractivity contribution is -0.144. The number of amides is 1. The van der Waals surface area contributed by atoms with Gasteiger partial charge in [0.1, 0.15) is 10.1 Å². The predicted octanol–water partition coefficient (Wildman–Crippen LogP) is 3.91. The number of hydrogen-bond donors (Lipinski definition) is 1. The third kappa shape index (κ3) is 7.93. The summed E-state index contributed by atoms with van der Waals surface area (Å²) >= 11 is 24.8. The second-order valence-electron chi connectivity index (χ2n) is 4.88. The average Bonchev–Trinajstić information content (AvgIpc) is 2.34. The number of nitrogens with one attached hydrogen (secondary N) is 1. The molecule has 10 heteroatoms. The molecule has 1 aliphatic rings. The van der Waals surface area contributed by atoms with E-state index in [1.807, 2.05) is 0 Å². The quantitative estimate of drug-likeness (QED) is 0.302. The molecule has 0 aromatic heterocycles. The minimum atomic E-state index is -1.62. The molecule has 1 amide bonds. The van der Waals surface area contributed by atoms with Crippen LogP contribution in [0.25, 0.3) is 0 Å². The van der Waals surface area contributed by atoms with Crippen molar-refractivity contribution in [3.63, 3.8) is 0 Å². The van der Waals surface area contributed by atoms with Crippen molar-refractivity contribution in [3.8, 4) is 0 Å². The van der Waals surface area contributed by atoms with Gasteiger partial charge in [0.2, 0.25) is 9.70 Å². The lowest BCUT2D eigenvalue weighted by Gasteiger charge is -2.36. The fourth-order valence-corrected chi connectivity index (χ4v) is 4.97. The van der Waals surface area contributed by atoms with Gasteiger partial charge in [-0.05, 0) is 6.42 Å². The van der Waals surface area contributed by atoms with Gasteiger partial charge in [0, 0.05) is 11.7 Å². The van der Waals surface area contributed by atoms with Gasteiger partial charge in [0.25, 0.3) is 0 Å². The van der Waals surface area contributed by atoms with Crippen LogP contribution < -0.4 is 5.32 Å². The average molecular weight is 425 g/mol. The van der Waals surface area contributed by atoms with E-state index in [1.165, 1.54) is 11.8 Å². The first-order chi connectivity index (χ1) is 10.1. The smallest absolute Gasteiger partial charge is 0.305 e. The van der Waals surface area contributed by atoms with Crippen molar-refractivity contribution in [1.29, 1.82) is 0 Å². The molecule has 1 aliphatic heterocycles. The molecule has 1 saturated heterocycles. The van der Waals surface area contributed by atoms with E-state index in [1.54, 1.807) is 11.8 Å². The van der Waals surface area contributed by atoms with Gasteiger partial charge >= 0.3 is 5.97 Å². The minimum Gasteiger partial charge on any atom is -0.461 e. The molecule has 0 bridgehead atoms. The van der Waals surface area contributed by atoms with Gasteiger partial charge in [-0.15, -0.1) is 11.8 Å². The zero-order chi connectivity index (χ0) is 16.9. The highest BCUT2D eigenvalue weighted by Crippen LogP contribution is 2.34. The first kappa shape index (κ1) is 20.6. The molecule has 4 nitrogen and oxygen atoms in total. The lowest BCUT2D eigenvalue weighted by atomic mass is 9.96. The van der Waals surface area contributed by atoms with E-state index in [0.717, 1.165) is 3.53 Å². The molecule has 0 aliphatic carbocycles. The summed E-state index contributed by atoms with van der Waals surface area (Å²) in [5.41, 5.74) is 0. The molecule has 1 N–H and O–H groups in total. The van der Waals surface area contributed by atoms with Gasteiger partial charge in [-0.2, -0.15) is 0 Å². The molecule has 0 aromatic rings. The number of thioether (sulfide) groups is 2. The molecule has 1 rings (SSSR count). The highest BCUT2D eigenvalue weighted by molar-refractivity contribution is 8.47. The number of β-lactam (4-membered cyclic amide) rings is 1. The highest BCUT2D eigenvalue weighted by atomic mass is 35.6. The summed E-state index contributed by atoms with van der Waals surface area (Å²) in [7, 11) is 0. The minimum absolute atomic E-state index is 0.0796. The van der Waals surface area contributed by atoms with Gasteiger partial charge in [0.15, 0.2) is 0 Å². The number of carbonyl (C=O) groups is 2. The normalized spacial score (nSPS) is 21.3. The topological polar surface area (TPSA) is 55.4 Å². The Bertz CT molecular complexity index is 443. The molecule has 0 spiro atoms. The van der Waals surface area contributed by atoms with Crippen LogP contribution in [0.5, 0.6) is 0 Å². The Morgan fingerprint density at radius 1 is 1.45 bits per heavy atom. The van der Waals surface area contributed by atoms with E-state index in [0.29, 0.717) is 11.7 Å². The molecular formula is C12H16Cl3NO3S3. The fourth-order valence-electron chi connectivity index (χ4n) is 1.61. The van der Waals surface area contributed by atoms with Crippen LogP contribution in [0.4, 0.5) is 0 Å². The third-order valence-electron chi connectivity index (χ3n) is 2.60. The number of ether oxygens (including phenoxy) is 1. The van der Waals surface area contributed by atoms with Crippen molar-refractivity contribution in [1.82, 2.24) is 5.32 Å². The van der Waals surface area contributed by atoms with E-state index in [2.05, 4.69) is 19.2 Å². The maximum Gasteiger partial charge on any atom is 0.305 e. The zero-order valence-electron chi connectivity index (χ0n) is 11.9. The lowest BCUT2D eigenvalue weighted by Crippen LogP contribution is -2.56. The van der Waals surface area contributed by atoms with Crippen molar-refractivity contribution in [2.75, 3.05) is 6.61 Å². The first-order valence-corrected chi connectivity index (χ1v) is 9.78. The van der Waals surface area contributed by atoms with Gasteiger partial charge in [0.05, 0.1) is 11.3 Å². The molecule has 0 unspecified atom stereocenters. The van der Waals surface area contributed by atoms with Crippen molar-refractivity contribution >= 4 is 85.9 Å². The summed E-state index contributed by atoms with van der Waals surface area (Å²) in [6, 6.07) is 0. The van der Waals surface area contributed by atoms with E-state index in [9.17, 15) is 9.59 Å². The Balaban J connectivity index is 2.33. The number of alkyl halides is 3. The van der Waals surface area contributed by atoms with Crippen LogP contribution in [-0.4, -0.2) is 36.4 Å². The summed E-state index contributed by atoms with van der Waals surface area (Å²) in [5.74, 6) is -0.825. The van der Waals surface area contributed by atoms with Crippen molar-refractivity contribution in [2.24, 2.45) is 5.92 Å². The zero-order valence-corrected chi connectivity index (χ0v) is 16.7. The van der Waals surface area contributed by atoms with E-state index in [4.69, 9.17) is 51.8 Å². The molecular weight excluding hydrogens is 409 g/mol. The first-order valence-electron chi connectivity index (χ1n) is 6.48. The van der Waals surface area contributed by atoms with E-state index < -0.39 is 9.76 Å². The van der Waals surface area contributed by atoms with Crippen molar-refractivity contribution in [2.45, 2.75) is 41.1 Å². The molecule has 1 fully saturated rings. The standard InChI is InChI=1S/C12H16Cl3NO3S3/c1-6(2)21-11(20)22-10-7(9(18)16-10)3-4-8(17)19-5-12(13,14)15/h6-7,10H,3-5H2,1-2H3,(H,16,18)/t7-,10+/m0/s1. The van der Waals surface area contributed by atoms with Crippen LogP contribution in [0.15, 0.2) is 0 Å². The number of rotatable bonds is 6. The van der Waals surface area contributed by atoms with Crippen LogP contribution in [0, 0.1) is 5.92 Å². The number of carbonyl (C=O) groups excluding carboxylic acids is 2. The summed E-state index contributed by atoms with van der Waals surface area (Å²) < 4.78 is 3.98. The van der Waals surface area contributed by atoms with Crippen LogP contribution in [0.2, 0.25) is 0 Å². The number of halogens is 3. The maximum atomic E-state index is 11.6. The Hall–Kier alpha value is 0.600. The largest absolute Gasteiger partial charge is 0.461 e. The number of thiocarbonyl (C=S) groups is 1. The maximum absolute atomic E-state index is 11.6. The van der Waals surface area contributed by atoms with Gasteiger partial charge in [-0.25, -0.2) is 0 Å². The number of esters is 1. The van der Waals surface area contributed by atoms with Crippen molar-refractivity contribution < 1.29 is 14.3 Å². The Kier molecular flexibility index (Phi) is 8.61. The van der Waals surface area contributed by atoms with Gasteiger partial charge in [-0.1, -0.05) is 72.6 Å². The molecule has 0 radical (unpaired) electrons. The number of hydrogen-bond acceptors (Lipinski definition) is 6. The Morgan fingerprint density at radius 3 is 2.59 bits per heavy atom. The summed E-state index contributed by atoms with van der Waals surface area (Å²) in [6.07, 6.45) is 0.483. The second kappa shape index (κ2) is 9.18. The summed E-state index contributed by atoms with van der Waals surface area (Å²) in [5, 5.41) is 3.09. The molecule has 2 atom stereocenters. The fraction of sp³-hybridized carbons (Fsp3) is 0.750. The Labute approximate surface area is 158 Å². The molecule has 22 heavy (non-hydrogen) atoms. The van der Waals surface area contributed by atoms with Crippen LogP contribution in [0.3, 0.4) is 0 Å².